The van der Waals surface area contributed by atoms with Crippen LogP contribution in [0.5, 0.6) is 5.75 Å². The molecule has 1 heteroatoms. The predicted molar refractivity (Wildman–Crippen MR) is 81.2 cm³/mol. The van der Waals surface area contributed by atoms with Crippen LogP contribution in [0.1, 0.15) is 36.8 Å². The molecule has 0 unspecified atom stereocenters. The summed E-state index contributed by atoms with van der Waals surface area (Å²) in [7, 11) is 0. The van der Waals surface area contributed by atoms with E-state index in [-0.39, 0.29) is 5.41 Å². The lowest BCUT2D eigenvalue weighted by Gasteiger charge is -2.41. The van der Waals surface area contributed by atoms with E-state index < -0.39 is 0 Å². The number of ether oxygens (including phenoxy) is 1. The van der Waals surface area contributed by atoms with Gasteiger partial charge in [-0.1, -0.05) is 55.5 Å². The average Bonchev–Trinajstić information content (AvgIpc) is 2.86. The van der Waals surface area contributed by atoms with E-state index >= 15 is 0 Å². The summed E-state index contributed by atoms with van der Waals surface area (Å²) in [6.07, 6.45) is 2.51. The van der Waals surface area contributed by atoms with Crippen LogP contribution in [-0.2, 0) is 5.41 Å². The SMILES string of the molecule is C[C@@H]1C[C@@H]2c3ccccc3OC[C@]2(c2ccccc2)C1. The third-order valence-corrected chi connectivity index (χ3v) is 5.15. The molecule has 2 aromatic rings. The van der Waals surface area contributed by atoms with Crippen LogP contribution in [0.25, 0.3) is 0 Å². The third kappa shape index (κ3) is 1.62. The van der Waals surface area contributed by atoms with Gasteiger partial charge in [0.05, 0.1) is 6.61 Å². The van der Waals surface area contributed by atoms with Crippen molar-refractivity contribution in [1.82, 2.24) is 0 Å². The Balaban J connectivity index is 1.87. The molecule has 1 saturated carbocycles. The Bertz CT molecular complexity index is 619. The zero-order valence-corrected chi connectivity index (χ0v) is 11.9. The number of hydrogen-bond acceptors (Lipinski definition) is 1. The van der Waals surface area contributed by atoms with Crippen LogP contribution in [0.2, 0.25) is 0 Å². The largest absolute Gasteiger partial charge is 0.492 e. The molecule has 20 heavy (non-hydrogen) atoms. The Labute approximate surface area is 120 Å². The molecule has 0 radical (unpaired) electrons. The summed E-state index contributed by atoms with van der Waals surface area (Å²) in [5.74, 6) is 2.46. The van der Waals surface area contributed by atoms with Gasteiger partial charge in [0.25, 0.3) is 0 Å². The van der Waals surface area contributed by atoms with Crippen molar-refractivity contribution in [3.05, 3.63) is 65.7 Å². The van der Waals surface area contributed by atoms with Crippen LogP contribution in [-0.4, -0.2) is 6.61 Å². The molecule has 0 N–H and O–H groups in total. The molecule has 1 aliphatic carbocycles. The monoisotopic (exact) mass is 264 g/mol. The van der Waals surface area contributed by atoms with E-state index in [0.717, 1.165) is 18.3 Å². The Hall–Kier alpha value is -1.76. The Morgan fingerprint density at radius 1 is 1.00 bits per heavy atom. The summed E-state index contributed by atoms with van der Waals surface area (Å²) in [5.41, 5.74) is 3.03. The number of benzene rings is 2. The summed E-state index contributed by atoms with van der Waals surface area (Å²) in [6, 6.07) is 19.6. The van der Waals surface area contributed by atoms with E-state index in [2.05, 4.69) is 61.5 Å². The van der Waals surface area contributed by atoms with Crippen molar-refractivity contribution in [3.63, 3.8) is 0 Å². The fourth-order valence-corrected chi connectivity index (χ4v) is 4.34. The molecule has 4 rings (SSSR count). The van der Waals surface area contributed by atoms with E-state index in [4.69, 9.17) is 4.74 Å². The number of fused-ring (bicyclic) bond motifs is 3. The second kappa shape index (κ2) is 4.37. The van der Waals surface area contributed by atoms with Crippen molar-refractivity contribution in [2.75, 3.05) is 6.61 Å². The molecule has 0 amide bonds. The minimum Gasteiger partial charge on any atom is -0.492 e. The summed E-state index contributed by atoms with van der Waals surface area (Å²) in [5, 5.41) is 0. The zero-order chi connectivity index (χ0) is 13.6. The molecule has 1 aliphatic heterocycles. The lowest BCUT2D eigenvalue weighted by molar-refractivity contribution is 0.171. The first-order valence-corrected chi connectivity index (χ1v) is 7.57. The lowest BCUT2D eigenvalue weighted by atomic mass is 9.69. The van der Waals surface area contributed by atoms with Gasteiger partial charge in [-0.3, -0.25) is 0 Å². The minimum absolute atomic E-state index is 0.176. The molecule has 3 atom stereocenters. The molecule has 0 bridgehead atoms. The predicted octanol–water partition coefficient (Wildman–Crippen LogP) is 4.53. The molecule has 0 aromatic heterocycles. The zero-order valence-electron chi connectivity index (χ0n) is 11.9. The molecule has 2 aliphatic rings. The standard InChI is InChI=1S/C19H20O/c1-14-11-17-16-9-5-6-10-18(16)20-13-19(17,12-14)15-7-3-2-4-8-15/h2-10,14,17H,11-13H2,1H3/t14-,17-,19+/m1/s1. The topological polar surface area (TPSA) is 9.23 Å². The molecule has 102 valence electrons. The molecule has 1 heterocycles. The average molecular weight is 264 g/mol. The highest BCUT2D eigenvalue weighted by atomic mass is 16.5. The van der Waals surface area contributed by atoms with Crippen LogP contribution in [0.3, 0.4) is 0 Å². The maximum Gasteiger partial charge on any atom is 0.122 e. The molecular weight excluding hydrogens is 244 g/mol. The highest BCUT2D eigenvalue weighted by molar-refractivity contribution is 5.46. The fraction of sp³-hybridized carbons (Fsp3) is 0.368. The normalized spacial score (nSPS) is 31.2. The summed E-state index contributed by atoms with van der Waals surface area (Å²) in [6.45, 7) is 3.20. The summed E-state index contributed by atoms with van der Waals surface area (Å²) >= 11 is 0. The van der Waals surface area contributed by atoms with Crippen LogP contribution < -0.4 is 4.74 Å². The second-order valence-corrected chi connectivity index (χ2v) is 6.45. The van der Waals surface area contributed by atoms with Gasteiger partial charge < -0.3 is 4.74 Å². The van der Waals surface area contributed by atoms with Crippen molar-refractivity contribution in [1.29, 1.82) is 0 Å². The number of rotatable bonds is 1. The van der Waals surface area contributed by atoms with E-state index in [1.54, 1.807) is 0 Å². The summed E-state index contributed by atoms with van der Waals surface area (Å²) < 4.78 is 6.14. The van der Waals surface area contributed by atoms with Crippen LogP contribution in [0.4, 0.5) is 0 Å². The third-order valence-electron chi connectivity index (χ3n) is 5.15. The van der Waals surface area contributed by atoms with Gasteiger partial charge in [-0.05, 0) is 36.0 Å². The van der Waals surface area contributed by atoms with Crippen LogP contribution in [0.15, 0.2) is 54.6 Å². The Morgan fingerprint density at radius 3 is 2.60 bits per heavy atom. The Kier molecular flexibility index (Phi) is 2.63. The van der Waals surface area contributed by atoms with Crippen LogP contribution >= 0.6 is 0 Å². The van der Waals surface area contributed by atoms with Gasteiger partial charge in [0.2, 0.25) is 0 Å². The van der Waals surface area contributed by atoms with Crippen molar-refractivity contribution >= 4 is 0 Å². The van der Waals surface area contributed by atoms with Gasteiger partial charge in [0.1, 0.15) is 5.75 Å². The van der Waals surface area contributed by atoms with Crippen molar-refractivity contribution in [2.24, 2.45) is 5.92 Å². The maximum atomic E-state index is 6.14. The smallest absolute Gasteiger partial charge is 0.122 e. The fourth-order valence-electron chi connectivity index (χ4n) is 4.34. The van der Waals surface area contributed by atoms with E-state index in [0.29, 0.717) is 5.92 Å². The van der Waals surface area contributed by atoms with Crippen molar-refractivity contribution in [2.45, 2.75) is 31.1 Å². The van der Waals surface area contributed by atoms with Crippen molar-refractivity contribution in [3.8, 4) is 5.75 Å². The molecule has 1 nitrogen and oxygen atoms in total. The van der Waals surface area contributed by atoms with E-state index in [9.17, 15) is 0 Å². The van der Waals surface area contributed by atoms with E-state index in [1.807, 2.05) is 0 Å². The van der Waals surface area contributed by atoms with Gasteiger partial charge >= 0.3 is 0 Å². The Morgan fingerprint density at radius 2 is 1.75 bits per heavy atom. The van der Waals surface area contributed by atoms with Crippen LogP contribution in [0, 0.1) is 5.92 Å². The number of hydrogen-bond donors (Lipinski definition) is 0. The second-order valence-electron chi connectivity index (χ2n) is 6.45. The van der Waals surface area contributed by atoms with Gasteiger partial charge in [0, 0.05) is 11.3 Å². The quantitative estimate of drug-likeness (QED) is 0.735. The van der Waals surface area contributed by atoms with E-state index in [1.165, 1.54) is 24.0 Å². The molecular formula is C19H20O. The highest BCUT2D eigenvalue weighted by Gasteiger charge is 2.51. The van der Waals surface area contributed by atoms with Crippen molar-refractivity contribution < 1.29 is 4.74 Å². The van der Waals surface area contributed by atoms with Gasteiger partial charge in [-0.25, -0.2) is 0 Å². The first kappa shape index (κ1) is 12.0. The molecule has 0 spiro atoms. The maximum absolute atomic E-state index is 6.14. The summed E-state index contributed by atoms with van der Waals surface area (Å²) in [4.78, 5) is 0. The minimum atomic E-state index is 0.176. The first-order chi connectivity index (χ1) is 9.79. The van der Waals surface area contributed by atoms with Gasteiger partial charge in [-0.2, -0.15) is 0 Å². The van der Waals surface area contributed by atoms with Gasteiger partial charge in [-0.15, -0.1) is 0 Å². The van der Waals surface area contributed by atoms with Gasteiger partial charge in [0.15, 0.2) is 0 Å². The molecule has 0 saturated heterocycles. The highest BCUT2D eigenvalue weighted by Crippen LogP contribution is 2.57. The first-order valence-electron chi connectivity index (χ1n) is 7.57. The number of para-hydroxylation sites is 1. The lowest BCUT2D eigenvalue weighted by Crippen LogP contribution is -2.39. The molecule has 2 aromatic carbocycles. The molecule has 1 fully saturated rings.